The van der Waals surface area contributed by atoms with Gasteiger partial charge < -0.3 is 14.8 Å². The van der Waals surface area contributed by atoms with Crippen LogP contribution in [0.5, 0.6) is 11.5 Å². The SMILES string of the molecule is CNC(CSc1cccc(OC)c1)c1cccc(OC)c1. The van der Waals surface area contributed by atoms with Crippen LogP contribution >= 0.6 is 11.8 Å². The molecule has 2 rings (SSSR count). The first-order chi connectivity index (χ1) is 10.3. The lowest BCUT2D eigenvalue weighted by Crippen LogP contribution is -2.18. The average molecular weight is 303 g/mol. The molecule has 0 spiro atoms. The summed E-state index contributed by atoms with van der Waals surface area (Å²) in [6.45, 7) is 0. The van der Waals surface area contributed by atoms with Crippen molar-refractivity contribution in [2.24, 2.45) is 0 Å². The molecule has 0 heterocycles. The van der Waals surface area contributed by atoms with Crippen molar-refractivity contribution < 1.29 is 9.47 Å². The highest BCUT2D eigenvalue weighted by Crippen LogP contribution is 2.28. The van der Waals surface area contributed by atoms with Crippen molar-refractivity contribution >= 4 is 11.8 Å². The summed E-state index contributed by atoms with van der Waals surface area (Å²) < 4.78 is 10.5. The van der Waals surface area contributed by atoms with Gasteiger partial charge in [0.25, 0.3) is 0 Å². The van der Waals surface area contributed by atoms with Crippen LogP contribution in [0.3, 0.4) is 0 Å². The van der Waals surface area contributed by atoms with Gasteiger partial charge in [0.05, 0.1) is 14.2 Å². The summed E-state index contributed by atoms with van der Waals surface area (Å²) >= 11 is 1.81. The summed E-state index contributed by atoms with van der Waals surface area (Å²) in [5, 5.41) is 3.36. The van der Waals surface area contributed by atoms with E-state index in [0.29, 0.717) is 0 Å². The minimum atomic E-state index is 0.274. The normalized spacial score (nSPS) is 12.0. The van der Waals surface area contributed by atoms with Crippen LogP contribution in [0.2, 0.25) is 0 Å². The Bertz CT molecular complexity index is 574. The smallest absolute Gasteiger partial charge is 0.119 e. The van der Waals surface area contributed by atoms with Crippen LogP contribution in [0.25, 0.3) is 0 Å². The molecule has 0 saturated heterocycles. The average Bonchev–Trinajstić information content (AvgIpc) is 2.56. The zero-order chi connectivity index (χ0) is 15.1. The lowest BCUT2D eigenvalue weighted by atomic mass is 10.1. The molecule has 4 heteroatoms. The quantitative estimate of drug-likeness (QED) is 0.789. The van der Waals surface area contributed by atoms with Gasteiger partial charge in [-0.2, -0.15) is 0 Å². The second-order valence-electron chi connectivity index (χ2n) is 4.61. The van der Waals surface area contributed by atoms with Gasteiger partial charge >= 0.3 is 0 Å². The minimum Gasteiger partial charge on any atom is -0.497 e. The molecular formula is C17H21NO2S. The van der Waals surface area contributed by atoms with Crippen molar-refractivity contribution in [2.75, 3.05) is 27.0 Å². The molecule has 112 valence electrons. The van der Waals surface area contributed by atoms with Crippen LogP contribution in [0.15, 0.2) is 53.4 Å². The van der Waals surface area contributed by atoms with Crippen molar-refractivity contribution in [1.29, 1.82) is 0 Å². The van der Waals surface area contributed by atoms with Gasteiger partial charge in [0.15, 0.2) is 0 Å². The molecule has 0 aliphatic carbocycles. The Labute approximate surface area is 130 Å². The summed E-state index contributed by atoms with van der Waals surface area (Å²) in [5.41, 5.74) is 1.23. The number of hydrogen-bond acceptors (Lipinski definition) is 4. The van der Waals surface area contributed by atoms with Crippen LogP contribution in [-0.2, 0) is 0 Å². The Balaban J connectivity index is 2.04. The highest BCUT2D eigenvalue weighted by atomic mass is 32.2. The summed E-state index contributed by atoms with van der Waals surface area (Å²) in [6, 6.07) is 16.6. The van der Waals surface area contributed by atoms with E-state index >= 15 is 0 Å². The fraction of sp³-hybridized carbons (Fsp3) is 0.294. The molecule has 1 N–H and O–H groups in total. The number of methoxy groups -OCH3 is 2. The van der Waals surface area contributed by atoms with Crippen molar-refractivity contribution in [2.45, 2.75) is 10.9 Å². The van der Waals surface area contributed by atoms with Gasteiger partial charge in [0.2, 0.25) is 0 Å². The van der Waals surface area contributed by atoms with E-state index in [2.05, 4.69) is 29.6 Å². The molecule has 0 radical (unpaired) electrons. The molecule has 2 aromatic rings. The highest BCUT2D eigenvalue weighted by Gasteiger charge is 2.11. The second kappa shape index (κ2) is 7.96. The third-order valence-corrected chi connectivity index (χ3v) is 4.39. The van der Waals surface area contributed by atoms with E-state index in [0.717, 1.165) is 17.3 Å². The Kier molecular flexibility index (Phi) is 5.96. The molecule has 0 aliphatic rings. The summed E-state index contributed by atoms with van der Waals surface area (Å²) in [6.07, 6.45) is 0. The molecule has 0 fully saturated rings. The lowest BCUT2D eigenvalue weighted by Gasteiger charge is -2.17. The van der Waals surface area contributed by atoms with Gasteiger partial charge in [-0.25, -0.2) is 0 Å². The summed E-state index contributed by atoms with van der Waals surface area (Å²) in [4.78, 5) is 1.21. The largest absolute Gasteiger partial charge is 0.497 e. The maximum Gasteiger partial charge on any atom is 0.119 e. The molecule has 0 bridgehead atoms. The zero-order valence-corrected chi connectivity index (χ0v) is 13.4. The molecule has 0 amide bonds. The maximum atomic E-state index is 5.29. The summed E-state index contributed by atoms with van der Waals surface area (Å²) in [7, 11) is 5.37. The number of ether oxygens (including phenoxy) is 2. The number of thioether (sulfide) groups is 1. The fourth-order valence-electron chi connectivity index (χ4n) is 2.08. The molecular weight excluding hydrogens is 282 g/mol. The second-order valence-corrected chi connectivity index (χ2v) is 5.70. The number of rotatable bonds is 7. The third kappa shape index (κ3) is 4.41. The first-order valence-electron chi connectivity index (χ1n) is 6.85. The molecule has 1 atom stereocenters. The van der Waals surface area contributed by atoms with Crippen LogP contribution < -0.4 is 14.8 Å². The number of hydrogen-bond donors (Lipinski definition) is 1. The Morgan fingerprint density at radius 3 is 2.33 bits per heavy atom. The zero-order valence-electron chi connectivity index (χ0n) is 12.6. The predicted octanol–water partition coefficient (Wildman–Crippen LogP) is 3.76. The third-order valence-electron chi connectivity index (χ3n) is 3.30. The van der Waals surface area contributed by atoms with Crippen molar-refractivity contribution in [3.63, 3.8) is 0 Å². The standard InChI is InChI=1S/C17H21NO2S/c1-18-17(13-6-4-7-14(10-13)19-2)12-21-16-9-5-8-15(11-16)20-3/h4-11,17-18H,12H2,1-3H3. The van der Waals surface area contributed by atoms with E-state index in [1.807, 2.05) is 43.1 Å². The molecule has 21 heavy (non-hydrogen) atoms. The van der Waals surface area contributed by atoms with E-state index in [1.165, 1.54) is 10.5 Å². The molecule has 2 aromatic carbocycles. The van der Waals surface area contributed by atoms with Crippen LogP contribution in [0.1, 0.15) is 11.6 Å². The van der Waals surface area contributed by atoms with Gasteiger partial charge in [-0.1, -0.05) is 18.2 Å². The monoisotopic (exact) mass is 303 g/mol. The van der Waals surface area contributed by atoms with Crippen LogP contribution in [-0.4, -0.2) is 27.0 Å². The Hall–Kier alpha value is -1.65. The molecule has 0 aliphatic heterocycles. The van der Waals surface area contributed by atoms with Crippen molar-refractivity contribution in [1.82, 2.24) is 5.32 Å². The van der Waals surface area contributed by atoms with Gasteiger partial charge in [0.1, 0.15) is 11.5 Å². The number of benzene rings is 2. The topological polar surface area (TPSA) is 30.5 Å². The first-order valence-corrected chi connectivity index (χ1v) is 7.83. The minimum absolute atomic E-state index is 0.274. The van der Waals surface area contributed by atoms with Crippen molar-refractivity contribution in [3.05, 3.63) is 54.1 Å². The van der Waals surface area contributed by atoms with Crippen LogP contribution in [0.4, 0.5) is 0 Å². The fourth-order valence-corrected chi connectivity index (χ4v) is 3.17. The predicted molar refractivity (Wildman–Crippen MR) is 88.5 cm³/mol. The first kappa shape index (κ1) is 15.7. The van der Waals surface area contributed by atoms with E-state index < -0.39 is 0 Å². The lowest BCUT2D eigenvalue weighted by molar-refractivity contribution is 0.413. The summed E-state index contributed by atoms with van der Waals surface area (Å²) in [5.74, 6) is 2.72. The Morgan fingerprint density at radius 1 is 1.00 bits per heavy atom. The van der Waals surface area contributed by atoms with E-state index in [9.17, 15) is 0 Å². The van der Waals surface area contributed by atoms with E-state index in [4.69, 9.17) is 9.47 Å². The van der Waals surface area contributed by atoms with E-state index in [-0.39, 0.29) is 6.04 Å². The van der Waals surface area contributed by atoms with Crippen molar-refractivity contribution in [3.8, 4) is 11.5 Å². The van der Waals surface area contributed by atoms with Crippen LogP contribution in [0, 0.1) is 0 Å². The molecule has 1 unspecified atom stereocenters. The van der Waals surface area contributed by atoms with E-state index in [1.54, 1.807) is 14.2 Å². The maximum absolute atomic E-state index is 5.29. The van der Waals surface area contributed by atoms with Gasteiger partial charge in [-0.05, 0) is 42.9 Å². The molecule has 0 aromatic heterocycles. The number of nitrogens with one attached hydrogen (secondary N) is 1. The highest BCUT2D eigenvalue weighted by molar-refractivity contribution is 7.99. The van der Waals surface area contributed by atoms with Gasteiger partial charge in [0, 0.05) is 16.7 Å². The Morgan fingerprint density at radius 2 is 1.67 bits per heavy atom. The molecule has 0 saturated carbocycles. The van der Waals surface area contributed by atoms with Gasteiger partial charge in [-0.15, -0.1) is 11.8 Å². The van der Waals surface area contributed by atoms with Gasteiger partial charge in [-0.3, -0.25) is 0 Å². The molecule has 3 nitrogen and oxygen atoms in total.